The Morgan fingerprint density at radius 1 is 1.06 bits per heavy atom. The maximum atomic E-state index is 12.6. The van der Waals surface area contributed by atoms with Crippen molar-refractivity contribution in [3.05, 3.63) is 71.3 Å². The van der Waals surface area contributed by atoms with Crippen LogP contribution in [-0.2, 0) is 14.8 Å². The smallest absolute Gasteiger partial charge is 0.223 e. The highest BCUT2D eigenvalue weighted by Gasteiger charge is 2.68. The molecule has 1 N–H and O–H groups in total. The molecular weight excluding hydrogens is 412 g/mol. The van der Waals surface area contributed by atoms with Gasteiger partial charge in [-0.15, -0.1) is 0 Å². The molecule has 31 heavy (non-hydrogen) atoms. The Morgan fingerprint density at radius 2 is 1.65 bits per heavy atom. The molecule has 2 aliphatic rings. The zero-order valence-corrected chi connectivity index (χ0v) is 18.6. The minimum Gasteiger partial charge on any atom is -0.394 e. The molecule has 0 aliphatic carbocycles. The van der Waals surface area contributed by atoms with Gasteiger partial charge in [0.05, 0.1) is 24.4 Å². The van der Waals surface area contributed by atoms with Crippen LogP contribution in [0.4, 0.5) is 0 Å². The number of likely N-dealkylation sites (tertiary alicyclic amines) is 1. The van der Waals surface area contributed by atoms with Crippen molar-refractivity contribution in [2.45, 2.75) is 30.8 Å². The number of benzene rings is 2. The minimum absolute atomic E-state index is 0.0501. The van der Waals surface area contributed by atoms with Crippen molar-refractivity contribution < 1.29 is 18.3 Å². The summed E-state index contributed by atoms with van der Waals surface area (Å²) in [6.07, 6.45) is 5.61. The number of hydrogen-bond donors (Lipinski definition) is 1. The van der Waals surface area contributed by atoms with E-state index in [0.717, 1.165) is 16.7 Å². The van der Waals surface area contributed by atoms with E-state index in [1.54, 1.807) is 11.8 Å². The molecule has 2 atom stereocenters. The number of sulfonamides is 1. The minimum atomic E-state index is -3.32. The summed E-state index contributed by atoms with van der Waals surface area (Å²) in [4.78, 5) is 14.3. The van der Waals surface area contributed by atoms with Gasteiger partial charge in [0.2, 0.25) is 15.9 Å². The Bertz CT molecular complexity index is 1070. The van der Waals surface area contributed by atoms with Crippen molar-refractivity contribution in [1.82, 2.24) is 9.21 Å². The third-order valence-electron chi connectivity index (χ3n) is 6.47. The normalized spacial score (nSPS) is 23.0. The van der Waals surface area contributed by atoms with Crippen LogP contribution in [0.15, 0.2) is 54.6 Å². The number of carbonyl (C=O) groups excluding carboxylic acids is 1. The largest absolute Gasteiger partial charge is 0.394 e. The molecule has 0 unspecified atom stereocenters. The van der Waals surface area contributed by atoms with Crippen LogP contribution in [0.5, 0.6) is 0 Å². The number of carbonyl (C=O) groups is 1. The maximum absolute atomic E-state index is 12.6. The first kappa shape index (κ1) is 21.7. The summed E-state index contributed by atoms with van der Waals surface area (Å²) in [5.74, 6) is -0.149. The third kappa shape index (κ3) is 3.82. The third-order valence-corrected chi connectivity index (χ3v) is 7.66. The van der Waals surface area contributed by atoms with Crippen LogP contribution >= 0.6 is 0 Å². The lowest BCUT2D eigenvalue weighted by Gasteiger charge is -2.70. The molecule has 0 bridgehead atoms. The van der Waals surface area contributed by atoms with Crippen molar-refractivity contribution in [3.8, 4) is 0 Å². The highest BCUT2D eigenvalue weighted by molar-refractivity contribution is 7.88. The van der Waals surface area contributed by atoms with Gasteiger partial charge in [0, 0.05) is 25.4 Å². The lowest BCUT2D eigenvalue weighted by Crippen LogP contribution is -2.85. The fourth-order valence-corrected chi connectivity index (χ4v) is 5.86. The lowest BCUT2D eigenvalue weighted by molar-refractivity contribution is -0.188. The molecule has 1 spiro atoms. The second-order valence-electron chi connectivity index (χ2n) is 8.39. The van der Waals surface area contributed by atoms with Gasteiger partial charge >= 0.3 is 0 Å². The second kappa shape index (κ2) is 8.22. The van der Waals surface area contributed by atoms with E-state index in [2.05, 4.69) is 0 Å². The summed E-state index contributed by atoms with van der Waals surface area (Å²) < 4.78 is 25.4. The van der Waals surface area contributed by atoms with Crippen LogP contribution in [0, 0.1) is 0 Å². The number of aliphatic hydroxyl groups excluding tert-OH is 1. The molecule has 0 saturated carbocycles. The van der Waals surface area contributed by atoms with E-state index >= 15 is 0 Å². The van der Waals surface area contributed by atoms with Gasteiger partial charge in [-0.3, -0.25) is 4.79 Å². The average Bonchev–Trinajstić information content (AvgIpc) is 2.71. The topological polar surface area (TPSA) is 77.9 Å². The molecule has 2 saturated heterocycles. The van der Waals surface area contributed by atoms with Crippen molar-refractivity contribution in [2.24, 2.45) is 0 Å². The van der Waals surface area contributed by atoms with E-state index in [9.17, 15) is 18.3 Å². The van der Waals surface area contributed by atoms with Crippen LogP contribution in [0.1, 0.15) is 36.0 Å². The Kier molecular flexibility index (Phi) is 5.77. The molecule has 2 aromatic rings. The predicted octanol–water partition coefficient (Wildman–Crippen LogP) is 2.57. The number of aliphatic hydroxyl groups is 1. The van der Waals surface area contributed by atoms with E-state index < -0.39 is 15.6 Å². The highest BCUT2D eigenvalue weighted by atomic mass is 32.2. The van der Waals surface area contributed by atoms with Gasteiger partial charge in [0.1, 0.15) is 0 Å². The van der Waals surface area contributed by atoms with E-state index in [1.165, 1.54) is 10.6 Å². The summed E-state index contributed by atoms with van der Waals surface area (Å²) in [6.45, 7) is 2.19. The Hall–Kier alpha value is -2.48. The van der Waals surface area contributed by atoms with Gasteiger partial charge in [-0.2, -0.15) is 4.31 Å². The summed E-state index contributed by atoms with van der Waals surface area (Å²) in [7, 11) is -3.32. The predicted molar refractivity (Wildman–Crippen MR) is 122 cm³/mol. The van der Waals surface area contributed by atoms with E-state index in [-0.39, 0.29) is 37.6 Å². The lowest BCUT2D eigenvalue weighted by atomic mass is 9.61. The molecule has 1 amide bonds. The zero-order valence-electron chi connectivity index (χ0n) is 17.8. The second-order valence-corrected chi connectivity index (χ2v) is 10.4. The molecule has 2 aliphatic heterocycles. The summed E-state index contributed by atoms with van der Waals surface area (Å²) in [5.41, 5.74) is 2.61. The van der Waals surface area contributed by atoms with Gasteiger partial charge in [-0.25, -0.2) is 8.42 Å². The fraction of sp³-hybridized carbons (Fsp3) is 0.375. The average molecular weight is 441 g/mol. The first-order valence-corrected chi connectivity index (χ1v) is 12.4. The molecule has 6 nitrogen and oxygen atoms in total. The molecule has 2 heterocycles. The number of nitrogens with zero attached hydrogens (tertiary/aromatic N) is 2. The van der Waals surface area contributed by atoms with E-state index in [4.69, 9.17) is 0 Å². The van der Waals surface area contributed by atoms with Gasteiger partial charge in [-0.1, -0.05) is 73.7 Å². The van der Waals surface area contributed by atoms with Crippen molar-refractivity contribution in [2.75, 3.05) is 26.0 Å². The first-order chi connectivity index (χ1) is 14.8. The fourth-order valence-electron chi connectivity index (χ4n) is 4.95. The number of amides is 1. The molecule has 4 rings (SSSR count). The summed E-state index contributed by atoms with van der Waals surface area (Å²) >= 11 is 0. The maximum Gasteiger partial charge on any atom is 0.223 e. The highest BCUT2D eigenvalue weighted by Crippen LogP contribution is 2.54. The van der Waals surface area contributed by atoms with Gasteiger partial charge < -0.3 is 10.0 Å². The Morgan fingerprint density at radius 3 is 2.16 bits per heavy atom. The van der Waals surface area contributed by atoms with Crippen LogP contribution < -0.4 is 0 Å². The molecule has 0 radical (unpaired) electrons. The van der Waals surface area contributed by atoms with E-state index in [1.807, 2.05) is 66.7 Å². The summed E-state index contributed by atoms with van der Waals surface area (Å²) in [6, 6.07) is 17.8. The van der Waals surface area contributed by atoms with Crippen molar-refractivity contribution in [3.63, 3.8) is 0 Å². The molecule has 2 aromatic carbocycles. The Labute approximate surface area is 183 Å². The molecule has 2 fully saturated rings. The monoisotopic (exact) mass is 440 g/mol. The van der Waals surface area contributed by atoms with Gasteiger partial charge in [0.25, 0.3) is 0 Å². The van der Waals surface area contributed by atoms with Crippen LogP contribution in [0.2, 0.25) is 0 Å². The van der Waals surface area contributed by atoms with Gasteiger partial charge in [0.15, 0.2) is 0 Å². The van der Waals surface area contributed by atoms with Crippen LogP contribution in [0.25, 0.3) is 12.2 Å². The van der Waals surface area contributed by atoms with Crippen molar-refractivity contribution >= 4 is 28.1 Å². The first-order valence-electron chi connectivity index (χ1n) is 10.5. The van der Waals surface area contributed by atoms with Crippen LogP contribution in [-0.4, -0.2) is 66.2 Å². The Balaban J connectivity index is 1.59. The molecule has 0 aromatic heterocycles. The quantitative estimate of drug-likeness (QED) is 0.701. The number of rotatable bonds is 6. The van der Waals surface area contributed by atoms with Crippen molar-refractivity contribution in [1.29, 1.82) is 0 Å². The molecule has 7 heteroatoms. The van der Waals surface area contributed by atoms with Gasteiger partial charge in [-0.05, 0) is 16.7 Å². The SMILES string of the molecule is CCC(=O)N1[C@H](CO)[C@@H](c2ccc(C=Cc3ccccc3)cc2)C12CN(S(C)(=O)=O)C2. The molecular formula is C24H28N2O4S. The number of hydrogen-bond acceptors (Lipinski definition) is 4. The van der Waals surface area contributed by atoms with Crippen LogP contribution in [0.3, 0.4) is 0 Å². The van der Waals surface area contributed by atoms with E-state index in [0.29, 0.717) is 6.42 Å². The zero-order chi connectivity index (χ0) is 22.2. The molecule has 164 valence electrons. The standard InChI is InChI=1S/C24H28N2O4S/c1-3-22(28)26-21(15-27)23(24(26)16-25(17-24)31(2,29)30)20-13-11-19(12-14-20)10-9-18-7-5-4-6-8-18/h4-14,21,23,27H,3,15-17H2,1-2H3/t21-,23-/m1/s1. The summed E-state index contributed by atoms with van der Waals surface area (Å²) in [5, 5.41) is 10.0.